The first-order valence-electron chi connectivity index (χ1n) is 6.78. The number of nitrogens with one attached hydrogen (secondary N) is 1. The van der Waals surface area contributed by atoms with E-state index in [2.05, 4.69) is 75.9 Å². The van der Waals surface area contributed by atoms with Crippen molar-refractivity contribution in [2.75, 3.05) is 5.32 Å². The molecule has 0 heterocycles. The summed E-state index contributed by atoms with van der Waals surface area (Å²) >= 11 is 5.92. The first-order chi connectivity index (χ1) is 8.56. The van der Waals surface area contributed by atoms with Crippen molar-refractivity contribution in [1.29, 1.82) is 0 Å². The van der Waals surface area contributed by atoms with Crippen molar-refractivity contribution in [3.8, 4) is 0 Å². The lowest BCUT2D eigenvalue weighted by atomic mass is 9.79. The molecule has 1 aromatic rings. The van der Waals surface area contributed by atoms with Gasteiger partial charge >= 0.3 is 0 Å². The zero-order chi connectivity index (χ0) is 13.1. The zero-order valence-electron chi connectivity index (χ0n) is 11.0. The Labute approximate surface area is 132 Å². The molecule has 1 N–H and O–H groups in total. The minimum absolute atomic E-state index is 0.656. The highest BCUT2D eigenvalue weighted by Crippen LogP contribution is 2.32. The van der Waals surface area contributed by atoms with Crippen LogP contribution in [0.2, 0.25) is 0 Å². The molecule has 0 bridgehead atoms. The second-order valence-corrected chi connectivity index (χ2v) is 7.66. The van der Waals surface area contributed by atoms with Crippen LogP contribution in [0.15, 0.2) is 22.7 Å². The predicted octanol–water partition coefficient (Wildman–Crippen LogP) is 5.68. The van der Waals surface area contributed by atoms with Crippen LogP contribution in [0.25, 0.3) is 0 Å². The van der Waals surface area contributed by atoms with Crippen LogP contribution >= 0.6 is 38.5 Å². The summed E-state index contributed by atoms with van der Waals surface area (Å²) in [7, 11) is 0. The number of benzene rings is 1. The van der Waals surface area contributed by atoms with Crippen molar-refractivity contribution in [2.45, 2.75) is 45.6 Å². The van der Waals surface area contributed by atoms with Gasteiger partial charge in [-0.25, -0.2) is 0 Å². The van der Waals surface area contributed by atoms with E-state index >= 15 is 0 Å². The highest BCUT2D eigenvalue weighted by atomic mass is 127. The molecular formula is C15H21BrIN. The highest BCUT2D eigenvalue weighted by molar-refractivity contribution is 14.1. The molecule has 3 heteroatoms. The topological polar surface area (TPSA) is 12.0 Å². The molecule has 2 atom stereocenters. The minimum atomic E-state index is 0.656. The summed E-state index contributed by atoms with van der Waals surface area (Å²) in [4.78, 5) is 0. The molecule has 0 spiro atoms. The maximum Gasteiger partial charge on any atom is 0.0353 e. The van der Waals surface area contributed by atoms with Crippen molar-refractivity contribution >= 4 is 44.2 Å². The van der Waals surface area contributed by atoms with Crippen molar-refractivity contribution in [1.82, 2.24) is 0 Å². The Balaban J connectivity index is 1.98. The zero-order valence-corrected chi connectivity index (χ0v) is 14.8. The molecule has 100 valence electrons. The van der Waals surface area contributed by atoms with Crippen LogP contribution in [0.4, 0.5) is 5.69 Å². The fourth-order valence-corrected chi connectivity index (χ4v) is 3.55. The van der Waals surface area contributed by atoms with Crippen LogP contribution in [-0.4, -0.2) is 6.04 Å². The van der Waals surface area contributed by atoms with Gasteiger partial charge in [-0.2, -0.15) is 0 Å². The van der Waals surface area contributed by atoms with E-state index in [1.165, 1.54) is 39.4 Å². The summed E-state index contributed by atoms with van der Waals surface area (Å²) < 4.78 is 2.45. The molecule has 1 saturated carbocycles. The molecule has 2 unspecified atom stereocenters. The monoisotopic (exact) mass is 421 g/mol. The van der Waals surface area contributed by atoms with Crippen molar-refractivity contribution < 1.29 is 0 Å². The Morgan fingerprint density at radius 2 is 2.11 bits per heavy atom. The second kappa shape index (κ2) is 6.60. The summed E-state index contributed by atoms with van der Waals surface area (Å²) in [5, 5.41) is 3.71. The molecule has 1 aromatic carbocycles. The second-order valence-electron chi connectivity index (χ2n) is 5.64. The number of anilines is 1. The molecule has 2 rings (SSSR count). The number of halogens is 2. The summed E-state index contributed by atoms with van der Waals surface area (Å²) in [5.74, 6) is 1.71. The van der Waals surface area contributed by atoms with Crippen molar-refractivity contribution in [2.24, 2.45) is 11.8 Å². The van der Waals surface area contributed by atoms with Gasteiger partial charge in [0, 0.05) is 19.8 Å². The van der Waals surface area contributed by atoms with Gasteiger partial charge in [0.1, 0.15) is 0 Å². The maximum atomic E-state index is 3.71. The van der Waals surface area contributed by atoms with E-state index < -0.39 is 0 Å². The van der Waals surface area contributed by atoms with Crippen LogP contribution in [0.5, 0.6) is 0 Å². The third-order valence-corrected chi connectivity index (χ3v) is 6.27. The molecule has 0 aliphatic heterocycles. The average Bonchev–Trinajstić information content (AvgIpc) is 2.34. The van der Waals surface area contributed by atoms with Gasteiger partial charge in [0.05, 0.1) is 0 Å². The Morgan fingerprint density at radius 3 is 2.78 bits per heavy atom. The van der Waals surface area contributed by atoms with Crippen LogP contribution in [0, 0.1) is 15.4 Å². The molecule has 1 aliphatic rings. The summed E-state index contributed by atoms with van der Waals surface area (Å²) in [6.45, 7) is 4.71. The predicted molar refractivity (Wildman–Crippen MR) is 91.1 cm³/mol. The number of hydrogen-bond acceptors (Lipinski definition) is 1. The van der Waals surface area contributed by atoms with E-state index in [1.807, 2.05) is 0 Å². The van der Waals surface area contributed by atoms with Gasteiger partial charge in [0.2, 0.25) is 0 Å². The number of hydrogen-bond donors (Lipinski definition) is 1. The molecule has 0 amide bonds. The smallest absolute Gasteiger partial charge is 0.0353 e. The van der Waals surface area contributed by atoms with Crippen molar-refractivity contribution in [3.05, 3.63) is 26.2 Å². The van der Waals surface area contributed by atoms with Crippen LogP contribution < -0.4 is 5.32 Å². The van der Waals surface area contributed by atoms with Gasteiger partial charge in [-0.3, -0.25) is 0 Å². The summed E-state index contributed by atoms with van der Waals surface area (Å²) in [6, 6.07) is 7.19. The van der Waals surface area contributed by atoms with Gasteiger partial charge in [-0.1, -0.05) is 26.7 Å². The van der Waals surface area contributed by atoms with Crippen LogP contribution in [0.1, 0.15) is 39.5 Å². The van der Waals surface area contributed by atoms with Crippen LogP contribution in [0.3, 0.4) is 0 Å². The quantitative estimate of drug-likeness (QED) is 0.619. The third-order valence-electron chi connectivity index (χ3n) is 3.95. The molecule has 1 aliphatic carbocycles. The molecule has 1 fully saturated rings. The normalized spacial score (nSPS) is 24.3. The number of rotatable bonds is 3. The molecular weight excluding hydrogens is 401 g/mol. The van der Waals surface area contributed by atoms with Gasteiger partial charge < -0.3 is 5.32 Å². The summed E-state index contributed by atoms with van der Waals surface area (Å²) in [5.41, 5.74) is 1.26. The van der Waals surface area contributed by atoms with Crippen molar-refractivity contribution in [3.63, 3.8) is 0 Å². The van der Waals surface area contributed by atoms with E-state index in [1.54, 1.807) is 0 Å². The average molecular weight is 422 g/mol. The first kappa shape index (κ1) is 14.6. The SMILES string of the molecule is CC(C)C1CCCC(Nc2ccc(Br)c(I)c2)C1. The van der Waals surface area contributed by atoms with Gasteiger partial charge in [-0.15, -0.1) is 0 Å². The Bertz CT molecular complexity index is 405. The Kier molecular flexibility index (Phi) is 5.36. The lowest BCUT2D eigenvalue weighted by molar-refractivity contribution is 0.264. The van der Waals surface area contributed by atoms with Crippen LogP contribution in [-0.2, 0) is 0 Å². The minimum Gasteiger partial charge on any atom is -0.382 e. The van der Waals surface area contributed by atoms with E-state index in [-0.39, 0.29) is 0 Å². The molecule has 18 heavy (non-hydrogen) atoms. The molecule has 0 radical (unpaired) electrons. The molecule has 0 aromatic heterocycles. The maximum absolute atomic E-state index is 3.71. The van der Waals surface area contributed by atoms with E-state index in [0.29, 0.717) is 6.04 Å². The highest BCUT2D eigenvalue weighted by Gasteiger charge is 2.23. The third kappa shape index (κ3) is 3.86. The largest absolute Gasteiger partial charge is 0.382 e. The molecule has 1 nitrogen and oxygen atoms in total. The van der Waals surface area contributed by atoms with E-state index in [9.17, 15) is 0 Å². The molecule has 0 saturated heterocycles. The first-order valence-corrected chi connectivity index (χ1v) is 8.65. The Hall–Kier alpha value is 0.230. The van der Waals surface area contributed by atoms with Gasteiger partial charge in [0.15, 0.2) is 0 Å². The van der Waals surface area contributed by atoms with Gasteiger partial charge in [-0.05, 0) is 81.4 Å². The van der Waals surface area contributed by atoms with E-state index in [4.69, 9.17) is 0 Å². The fraction of sp³-hybridized carbons (Fsp3) is 0.600. The lowest BCUT2D eigenvalue weighted by Crippen LogP contribution is -2.29. The fourth-order valence-electron chi connectivity index (χ4n) is 2.79. The summed E-state index contributed by atoms with van der Waals surface area (Å²) in [6.07, 6.45) is 5.42. The van der Waals surface area contributed by atoms with E-state index in [0.717, 1.165) is 11.8 Å². The van der Waals surface area contributed by atoms with Gasteiger partial charge in [0.25, 0.3) is 0 Å². The Morgan fingerprint density at radius 1 is 1.33 bits per heavy atom. The standard InChI is InChI=1S/C15H21BrIN/c1-10(2)11-4-3-5-12(8-11)18-13-6-7-14(16)15(17)9-13/h6-7,9-12,18H,3-5,8H2,1-2H3. The lowest BCUT2D eigenvalue weighted by Gasteiger charge is -2.32.